The molecule has 1 fully saturated rings. The fourth-order valence-corrected chi connectivity index (χ4v) is 1.46. The summed E-state index contributed by atoms with van der Waals surface area (Å²) in [6, 6.07) is 7.98. The van der Waals surface area contributed by atoms with E-state index in [2.05, 4.69) is 0 Å². The van der Waals surface area contributed by atoms with Gasteiger partial charge >= 0.3 is 0 Å². The molecule has 0 aliphatic heterocycles. The van der Waals surface area contributed by atoms with Gasteiger partial charge in [0.25, 0.3) is 0 Å². The molecular formula is C10H13NO. The zero-order valence-electron chi connectivity index (χ0n) is 7.21. The van der Waals surface area contributed by atoms with Crippen molar-refractivity contribution in [3.05, 3.63) is 29.8 Å². The maximum atomic E-state index is 6.06. The van der Waals surface area contributed by atoms with Crippen LogP contribution in [0, 0.1) is 0 Å². The van der Waals surface area contributed by atoms with Gasteiger partial charge in [-0.25, -0.2) is 0 Å². The summed E-state index contributed by atoms with van der Waals surface area (Å²) < 4.78 is 5.23. The van der Waals surface area contributed by atoms with Gasteiger partial charge in [0, 0.05) is 11.1 Å². The Hall–Kier alpha value is -1.02. The topological polar surface area (TPSA) is 35.2 Å². The van der Waals surface area contributed by atoms with Crippen LogP contribution in [0.1, 0.15) is 18.4 Å². The first-order valence-corrected chi connectivity index (χ1v) is 4.19. The van der Waals surface area contributed by atoms with Gasteiger partial charge in [0.05, 0.1) is 7.11 Å². The van der Waals surface area contributed by atoms with Crippen LogP contribution < -0.4 is 10.5 Å². The van der Waals surface area contributed by atoms with E-state index in [1.54, 1.807) is 7.11 Å². The summed E-state index contributed by atoms with van der Waals surface area (Å²) in [6.07, 6.45) is 2.15. The number of ether oxygens (including phenoxy) is 1. The van der Waals surface area contributed by atoms with Crippen molar-refractivity contribution >= 4 is 0 Å². The highest BCUT2D eigenvalue weighted by atomic mass is 16.5. The average molecular weight is 163 g/mol. The highest BCUT2D eigenvalue weighted by molar-refractivity contribution is 5.41. The molecule has 1 aliphatic rings. The SMILES string of the molecule is COc1ccccc1C1(N)CC1. The number of methoxy groups -OCH3 is 1. The fourth-order valence-electron chi connectivity index (χ4n) is 1.46. The molecular weight excluding hydrogens is 150 g/mol. The number of hydrogen-bond acceptors (Lipinski definition) is 2. The van der Waals surface area contributed by atoms with Gasteiger partial charge in [-0.3, -0.25) is 0 Å². The molecule has 64 valence electrons. The lowest BCUT2D eigenvalue weighted by Gasteiger charge is -2.13. The van der Waals surface area contributed by atoms with Crippen molar-refractivity contribution in [1.82, 2.24) is 0 Å². The van der Waals surface area contributed by atoms with E-state index >= 15 is 0 Å². The number of rotatable bonds is 2. The van der Waals surface area contributed by atoms with Crippen molar-refractivity contribution in [3.63, 3.8) is 0 Å². The maximum absolute atomic E-state index is 6.06. The van der Waals surface area contributed by atoms with Crippen LogP contribution in [-0.4, -0.2) is 7.11 Å². The zero-order valence-corrected chi connectivity index (χ0v) is 7.21. The van der Waals surface area contributed by atoms with Crippen LogP contribution in [0.2, 0.25) is 0 Å². The molecule has 2 heteroatoms. The lowest BCUT2D eigenvalue weighted by Crippen LogP contribution is -2.19. The summed E-state index contributed by atoms with van der Waals surface area (Å²) in [6.45, 7) is 0. The Balaban J connectivity index is 2.42. The molecule has 2 rings (SSSR count). The minimum atomic E-state index is -0.0907. The third-order valence-corrected chi connectivity index (χ3v) is 2.43. The van der Waals surface area contributed by atoms with Crippen molar-refractivity contribution < 1.29 is 4.74 Å². The van der Waals surface area contributed by atoms with Gasteiger partial charge < -0.3 is 10.5 Å². The number of para-hydroxylation sites is 1. The average Bonchev–Trinajstić information content (AvgIpc) is 2.85. The molecule has 1 aromatic carbocycles. The lowest BCUT2D eigenvalue weighted by molar-refractivity contribution is 0.404. The quantitative estimate of drug-likeness (QED) is 0.719. The number of benzene rings is 1. The zero-order chi connectivity index (χ0) is 8.60. The summed E-state index contributed by atoms with van der Waals surface area (Å²) in [5.74, 6) is 0.914. The predicted molar refractivity (Wildman–Crippen MR) is 48.1 cm³/mol. The smallest absolute Gasteiger partial charge is 0.123 e. The van der Waals surface area contributed by atoms with E-state index in [-0.39, 0.29) is 5.54 Å². The van der Waals surface area contributed by atoms with Gasteiger partial charge in [0.15, 0.2) is 0 Å². The van der Waals surface area contributed by atoms with Crippen LogP contribution in [0.15, 0.2) is 24.3 Å². The second-order valence-corrected chi connectivity index (χ2v) is 3.36. The van der Waals surface area contributed by atoms with Crippen molar-refractivity contribution in [3.8, 4) is 5.75 Å². The summed E-state index contributed by atoms with van der Waals surface area (Å²) >= 11 is 0. The highest BCUT2D eigenvalue weighted by Gasteiger charge is 2.41. The molecule has 0 aromatic heterocycles. The summed E-state index contributed by atoms with van der Waals surface area (Å²) in [5, 5.41) is 0. The monoisotopic (exact) mass is 163 g/mol. The first-order valence-electron chi connectivity index (χ1n) is 4.19. The van der Waals surface area contributed by atoms with Crippen LogP contribution in [0.5, 0.6) is 5.75 Å². The molecule has 0 bridgehead atoms. The van der Waals surface area contributed by atoms with Gasteiger partial charge in [0.1, 0.15) is 5.75 Å². The molecule has 12 heavy (non-hydrogen) atoms. The Morgan fingerprint density at radius 3 is 2.58 bits per heavy atom. The van der Waals surface area contributed by atoms with Crippen LogP contribution in [0.3, 0.4) is 0 Å². The van der Waals surface area contributed by atoms with Gasteiger partial charge in [-0.15, -0.1) is 0 Å². The first-order chi connectivity index (χ1) is 5.76. The number of hydrogen-bond donors (Lipinski definition) is 1. The molecule has 0 atom stereocenters. The van der Waals surface area contributed by atoms with E-state index < -0.39 is 0 Å². The van der Waals surface area contributed by atoms with Crippen molar-refractivity contribution in [2.45, 2.75) is 18.4 Å². The molecule has 0 radical (unpaired) electrons. The van der Waals surface area contributed by atoms with Crippen LogP contribution in [-0.2, 0) is 5.54 Å². The molecule has 2 nitrogen and oxygen atoms in total. The minimum Gasteiger partial charge on any atom is -0.496 e. The van der Waals surface area contributed by atoms with Crippen LogP contribution in [0.25, 0.3) is 0 Å². The third-order valence-electron chi connectivity index (χ3n) is 2.43. The van der Waals surface area contributed by atoms with Crippen LogP contribution in [0.4, 0.5) is 0 Å². The molecule has 1 aromatic rings. The van der Waals surface area contributed by atoms with Gasteiger partial charge in [-0.05, 0) is 18.9 Å². The Kier molecular flexibility index (Phi) is 1.58. The van der Waals surface area contributed by atoms with E-state index in [1.807, 2.05) is 24.3 Å². The molecule has 0 heterocycles. The van der Waals surface area contributed by atoms with Gasteiger partial charge in [-0.1, -0.05) is 18.2 Å². The standard InChI is InChI=1S/C10H13NO/c1-12-9-5-3-2-4-8(9)10(11)6-7-10/h2-5H,6-7,11H2,1H3. The maximum Gasteiger partial charge on any atom is 0.123 e. The largest absolute Gasteiger partial charge is 0.496 e. The fraction of sp³-hybridized carbons (Fsp3) is 0.400. The Labute approximate surface area is 72.3 Å². The predicted octanol–water partition coefficient (Wildman–Crippen LogP) is 1.64. The molecule has 1 aliphatic carbocycles. The molecule has 0 saturated heterocycles. The number of nitrogens with two attached hydrogens (primary N) is 1. The first kappa shape index (κ1) is 7.62. The van der Waals surface area contributed by atoms with Crippen molar-refractivity contribution in [2.75, 3.05) is 7.11 Å². The van der Waals surface area contributed by atoms with E-state index in [0.717, 1.165) is 24.2 Å². The Bertz CT molecular complexity index is 292. The minimum absolute atomic E-state index is 0.0907. The van der Waals surface area contributed by atoms with E-state index in [0.29, 0.717) is 0 Å². The second-order valence-electron chi connectivity index (χ2n) is 3.36. The second kappa shape index (κ2) is 2.49. The summed E-state index contributed by atoms with van der Waals surface area (Å²) in [7, 11) is 1.69. The third kappa shape index (κ3) is 1.08. The van der Waals surface area contributed by atoms with Crippen LogP contribution >= 0.6 is 0 Å². The van der Waals surface area contributed by atoms with Crippen molar-refractivity contribution in [1.29, 1.82) is 0 Å². The summed E-state index contributed by atoms with van der Waals surface area (Å²) in [5.41, 5.74) is 7.12. The van der Waals surface area contributed by atoms with Crippen molar-refractivity contribution in [2.24, 2.45) is 5.73 Å². The van der Waals surface area contributed by atoms with Gasteiger partial charge in [-0.2, -0.15) is 0 Å². The lowest BCUT2D eigenvalue weighted by atomic mass is 10.1. The molecule has 0 spiro atoms. The van der Waals surface area contributed by atoms with Gasteiger partial charge in [0.2, 0.25) is 0 Å². The van der Waals surface area contributed by atoms with E-state index in [4.69, 9.17) is 10.5 Å². The Morgan fingerprint density at radius 2 is 2.00 bits per heavy atom. The van der Waals surface area contributed by atoms with E-state index in [1.165, 1.54) is 0 Å². The highest BCUT2D eigenvalue weighted by Crippen LogP contribution is 2.46. The molecule has 2 N–H and O–H groups in total. The molecule has 1 saturated carbocycles. The molecule has 0 amide bonds. The normalized spacial score (nSPS) is 18.8. The van der Waals surface area contributed by atoms with E-state index in [9.17, 15) is 0 Å². The molecule has 0 unspecified atom stereocenters. The Morgan fingerprint density at radius 1 is 1.33 bits per heavy atom. The summed E-state index contributed by atoms with van der Waals surface area (Å²) in [4.78, 5) is 0.